The Bertz CT molecular complexity index is 559. The Hall–Kier alpha value is -2.11. The van der Waals surface area contributed by atoms with Crippen LogP contribution in [0.25, 0.3) is 0 Å². The van der Waals surface area contributed by atoms with Crippen LogP contribution in [0.2, 0.25) is 0 Å². The third-order valence-electron chi connectivity index (χ3n) is 3.89. The average Bonchev–Trinajstić information content (AvgIpc) is 2.38. The summed E-state index contributed by atoms with van der Waals surface area (Å²) in [7, 11) is 0. The molecule has 1 aliphatic rings. The second kappa shape index (κ2) is 5.11. The molecule has 6 heteroatoms. The Kier molecular flexibility index (Phi) is 3.65. The summed E-state index contributed by atoms with van der Waals surface area (Å²) >= 11 is 0. The zero-order chi connectivity index (χ0) is 14.9. The minimum atomic E-state index is -1.05. The van der Waals surface area contributed by atoms with E-state index in [1.165, 1.54) is 0 Å². The number of carbonyl (C=O) groups excluding carboxylic acids is 1. The predicted octanol–water partition coefficient (Wildman–Crippen LogP) is 1.32. The number of nitrogens with two attached hydrogens (primary N) is 1. The molecule has 0 spiro atoms. The van der Waals surface area contributed by atoms with Gasteiger partial charge in [0.1, 0.15) is 11.4 Å². The van der Waals surface area contributed by atoms with Gasteiger partial charge >= 0.3 is 5.97 Å². The maximum Gasteiger partial charge on any atom is 0.329 e. The molecule has 1 saturated heterocycles. The van der Waals surface area contributed by atoms with E-state index in [-0.39, 0.29) is 5.56 Å². The second-order valence-corrected chi connectivity index (χ2v) is 5.38. The molecule has 6 nitrogen and oxygen atoms in total. The highest BCUT2D eigenvalue weighted by atomic mass is 16.4. The number of primary amides is 1. The van der Waals surface area contributed by atoms with E-state index in [0.29, 0.717) is 18.8 Å². The summed E-state index contributed by atoms with van der Waals surface area (Å²) < 4.78 is 0. The highest BCUT2D eigenvalue weighted by molar-refractivity contribution is 5.98. The van der Waals surface area contributed by atoms with E-state index in [2.05, 4.69) is 4.98 Å². The molecule has 0 saturated carbocycles. The van der Waals surface area contributed by atoms with Gasteiger partial charge in [0.2, 0.25) is 0 Å². The zero-order valence-corrected chi connectivity index (χ0v) is 11.7. The van der Waals surface area contributed by atoms with Crippen molar-refractivity contribution in [1.29, 1.82) is 0 Å². The first-order chi connectivity index (χ1) is 9.36. The number of aromatic nitrogens is 1. The highest BCUT2D eigenvalue weighted by Gasteiger charge is 2.43. The van der Waals surface area contributed by atoms with Gasteiger partial charge in [-0.3, -0.25) is 4.79 Å². The standard InChI is InChI=1S/C14H19N3O3/c1-9-5-6-10(11(15)18)12(16-9)17-8-4-3-7-14(17,2)13(19)20/h5-6H,3-4,7-8H2,1-2H3,(H2,15,18)(H,19,20). The number of amides is 1. The van der Waals surface area contributed by atoms with E-state index in [0.717, 1.165) is 18.5 Å². The van der Waals surface area contributed by atoms with Crippen LogP contribution in [-0.4, -0.2) is 34.1 Å². The topological polar surface area (TPSA) is 96.5 Å². The van der Waals surface area contributed by atoms with E-state index >= 15 is 0 Å². The third kappa shape index (κ3) is 2.33. The summed E-state index contributed by atoms with van der Waals surface area (Å²) in [5.74, 6) is -1.12. The number of pyridine rings is 1. The first-order valence-corrected chi connectivity index (χ1v) is 6.65. The lowest BCUT2D eigenvalue weighted by Gasteiger charge is -2.43. The second-order valence-electron chi connectivity index (χ2n) is 5.38. The van der Waals surface area contributed by atoms with Gasteiger partial charge in [-0.1, -0.05) is 0 Å². The van der Waals surface area contributed by atoms with Gasteiger partial charge in [-0.2, -0.15) is 0 Å². The highest BCUT2D eigenvalue weighted by Crippen LogP contribution is 2.34. The van der Waals surface area contributed by atoms with Crippen molar-refractivity contribution < 1.29 is 14.7 Å². The van der Waals surface area contributed by atoms with Crippen molar-refractivity contribution in [2.75, 3.05) is 11.4 Å². The summed E-state index contributed by atoms with van der Waals surface area (Å²) in [5, 5.41) is 9.54. The minimum Gasteiger partial charge on any atom is -0.480 e. The van der Waals surface area contributed by atoms with Crippen LogP contribution in [0.5, 0.6) is 0 Å². The lowest BCUT2D eigenvalue weighted by atomic mass is 9.88. The van der Waals surface area contributed by atoms with Gasteiger partial charge in [-0.05, 0) is 45.2 Å². The first-order valence-electron chi connectivity index (χ1n) is 6.65. The van der Waals surface area contributed by atoms with Crippen LogP contribution in [0.1, 0.15) is 42.2 Å². The summed E-state index contributed by atoms with van der Waals surface area (Å²) in [5.41, 5.74) is 5.32. The van der Waals surface area contributed by atoms with Crippen LogP contribution in [-0.2, 0) is 4.79 Å². The molecular formula is C14H19N3O3. The molecule has 1 aromatic rings. The number of rotatable bonds is 3. The molecule has 108 valence electrons. The van der Waals surface area contributed by atoms with Gasteiger partial charge < -0.3 is 15.7 Å². The smallest absolute Gasteiger partial charge is 0.329 e. The van der Waals surface area contributed by atoms with Crippen molar-refractivity contribution in [2.45, 2.75) is 38.6 Å². The van der Waals surface area contributed by atoms with Gasteiger partial charge in [-0.25, -0.2) is 9.78 Å². The number of aryl methyl sites for hydroxylation is 1. The molecule has 0 aliphatic carbocycles. The Morgan fingerprint density at radius 2 is 2.10 bits per heavy atom. The van der Waals surface area contributed by atoms with Crippen LogP contribution in [0.3, 0.4) is 0 Å². The van der Waals surface area contributed by atoms with Crippen LogP contribution < -0.4 is 10.6 Å². The average molecular weight is 277 g/mol. The molecule has 1 amide bonds. The maximum atomic E-state index is 11.6. The molecule has 0 bridgehead atoms. The van der Waals surface area contributed by atoms with Gasteiger partial charge in [0.05, 0.1) is 5.56 Å². The number of aliphatic carboxylic acids is 1. The van der Waals surface area contributed by atoms with E-state index in [1.54, 1.807) is 30.9 Å². The number of hydrogen-bond donors (Lipinski definition) is 2. The number of anilines is 1. The molecule has 1 atom stereocenters. The van der Waals surface area contributed by atoms with Gasteiger partial charge in [0.15, 0.2) is 0 Å². The van der Waals surface area contributed by atoms with Gasteiger partial charge in [0.25, 0.3) is 5.91 Å². The number of carbonyl (C=O) groups is 2. The molecular weight excluding hydrogens is 258 g/mol. The molecule has 1 unspecified atom stereocenters. The van der Waals surface area contributed by atoms with Crippen LogP contribution in [0, 0.1) is 6.92 Å². The zero-order valence-electron chi connectivity index (χ0n) is 11.7. The number of piperidine rings is 1. The Morgan fingerprint density at radius 3 is 2.70 bits per heavy atom. The third-order valence-corrected chi connectivity index (χ3v) is 3.89. The number of carboxylic acid groups (broad SMARTS) is 1. The predicted molar refractivity (Wildman–Crippen MR) is 74.7 cm³/mol. The Morgan fingerprint density at radius 1 is 1.40 bits per heavy atom. The number of hydrogen-bond acceptors (Lipinski definition) is 4. The maximum absolute atomic E-state index is 11.6. The minimum absolute atomic E-state index is 0.268. The van der Waals surface area contributed by atoms with Crippen molar-refractivity contribution >= 4 is 17.7 Å². The lowest BCUT2D eigenvalue weighted by Crippen LogP contribution is -2.56. The normalized spacial score (nSPS) is 22.6. The molecule has 0 radical (unpaired) electrons. The Balaban J connectivity index is 2.55. The molecule has 1 aromatic heterocycles. The summed E-state index contributed by atoms with van der Waals surface area (Å²) in [6.45, 7) is 4.03. The van der Waals surface area contributed by atoms with Gasteiger partial charge in [-0.15, -0.1) is 0 Å². The molecule has 2 heterocycles. The van der Waals surface area contributed by atoms with E-state index in [1.807, 2.05) is 0 Å². The molecule has 1 aliphatic heterocycles. The molecule has 2 rings (SSSR count). The first kappa shape index (κ1) is 14.3. The van der Waals surface area contributed by atoms with Crippen LogP contribution in [0.15, 0.2) is 12.1 Å². The van der Waals surface area contributed by atoms with Crippen molar-refractivity contribution in [3.63, 3.8) is 0 Å². The number of carboxylic acids is 1. The van der Waals surface area contributed by atoms with E-state index in [9.17, 15) is 14.7 Å². The molecule has 3 N–H and O–H groups in total. The largest absolute Gasteiger partial charge is 0.480 e. The van der Waals surface area contributed by atoms with Crippen molar-refractivity contribution in [3.05, 3.63) is 23.4 Å². The van der Waals surface area contributed by atoms with Crippen LogP contribution in [0.4, 0.5) is 5.82 Å². The fourth-order valence-electron chi connectivity index (χ4n) is 2.62. The molecule has 1 fully saturated rings. The summed E-state index contributed by atoms with van der Waals surface area (Å²) in [6.07, 6.45) is 2.24. The van der Waals surface area contributed by atoms with Crippen molar-refractivity contribution in [3.8, 4) is 0 Å². The van der Waals surface area contributed by atoms with Crippen molar-refractivity contribution in [2.24, 2.45) is 5.73 Å². The number of nitrogens with zero attached hydrogens (tertiary/aromatic N) is 2. The van der Waals surface area contributed by atoms with E-state index < -0.39 is 17.4 Å². The quantitative estimate of drug-likeness (QED) is 0.868. The van der Waals surface area contributed by atoms with Crippen LogP contribution >= 0.6 is 0 Å². The lowest BCUT2D eigenvalue weighted by molar-refractivity contribution is -0.143. The monoisotopic (exact) mass is 277 g/mol. The van der Waals surface area contributed by atoms with E-state index in [4.69, 9.17) is 5.73 Å². The fraction of sp³-hybridized carbons (Fsp3) is 0.500. The Labute approximate surface area is 117 Å². The summed E-state index contributed by atoms with van der Waals surface area (Å²) in [6, 6.07) is 3.31. The SMILES string of the molecule is Cc1ccc(C(N)=O)c(N2CCCCC2(C)C(=O)O)n1. The van der Waals surface area contributed by atoms with Crippen molar-refractivity contribution in [1.82, 2.24) is 4.98 Å². The molecule has 0 aromatic carbocycles. The summed E-state index contributed by atoms with van der Waals surface area (Å²) in [4.78, 5) is 29.3. The molecule has 20 heavy (non-hydrogen) atoms. The van der Waals surface area contributed by atoms with Gasteiger partial charge in [0, 0.05) is 12.2 Å². The fourth-order valence-corrected chi connectivity index (χ4v) is 2.62.